The fourth-order valence-corrected chi connectivity index (χ4v) is 1.87. The van der Waals surface area contributed by atoms with Crippen LogP contribution in [0.25, 0.3) is 0 Å². The molecule has 0 atom stereocenters. The molecule has 2 heterocycles. The van der Waals surface area contributed by atoms with Gasteiger partial charge in [-0.3, -0.25) is 0 Å². The van der Waals surface area contributed by atoms with Gasteiger partial charge in [0.1, 0.15) is 17.4 Å². The Kier molecular flexibility index (Phi) is 3.06. The Morgan fingerprint density at radius 3 is 2.85 bits per heavy atom. The molecule has 1 aliphatic heterocycles. The Labute approximate surface area is 116 Å². The molecule has 1 aliphatic rings. The van der Waals surface area contributed by atoms with Crippen molar-refractivity contribution in [3.8, 4) is 23.1 Å². The molecular weight excluding hydrogens is 258 g/mol. The van der Waals surface area contributed by atoms with Crippen molar-refractivity contribution in [3.63, 3.8) is 0 Å². The third-order valence-electron chi connectivity index (χ3n) is 3.06. The highest BCUT2D eigenvalue weighted by atomic mass is 16.7. The molecule has 6 heteroatoms. The van der Waals surface area contributed by atoms with Crippen molar-refractivity contribution in [2.45, 2.75) is 20.3 Å². The number of hydrogen-bond donors (Lipinski definition) is 1. The summed E-state index contributed by atoms with van der Waals surface area (Å²) in [4.78, 5) is 8.55. The standard InChI is InChI=1S/C14H15N3O3/c1-3-12-16-13(15)8(2)14(17-12)20-9-4-5-10-11(6-9)19-7-18-10/h4-6H,3,7H2,1-2H3,(H2,15,16,17). The fraction of sp³-hybridized carbons (Fsp3) is 0.286. The van der Waals surface area contributed by atoms with E-state index in [2.05, 4.69) is 9.97 Å². The predicted octanol–water partition coefficient (Wildman–Crippen LogP) is 2.45. The fourth-order valence-electron chi connectivity index (χ4n) is 1.87. The van der Waals surface area contributed by atoms with Gasteiger partial charge in [-0.2, -0.15) is 4.98 Å². The lowest BCUT2D eigenvalue weighted by atomic mass is 10.3. The van der Waals surface area contributed by atoms with Crippen molar-refractivity contribution in [2.75, 3.05) is 12.5 Å². The third-order valence-corrected chi connectivity index (χ3v) is 3.06. The first-order valence-electron chi connectivity index (χ1n) is 6.38. The second-order valence-corrected chi connectivity index (χ2v) is 4.43. The molecule has 0 unspecified atom stereocenters. The number of benzene rings is 1. The maximum absolute atomic E-state index is 5.87. The summed E-state index contributed by atoms with van der Waals surface area (Å²) < 4.78 is 16.4. The zero-order valence-electron chi connectivity index (χ0n) is 11.3. The number of nitrogens with two attached hydrogens (primary N) is 1. The van der Waals surface area contributed by atoms with Crippen molar-refractivity contribution in [3.05, 3.63) is 29.6 Å². The third kappa shape index (κ3) is 2.20. The minimum atomic E-state index is 0.234. The minimum absolute atomic E-state index is 0.234. The lowest BCUT2D eigenvalue weighted by molar-refractivity contribution is 0.174. The Balaban J connectivity index is 1.93. The number of hydrogen-bond acceptors (Lipinski definition) is 6. The summed E-state index contributed by atoms with van der Waals surface area (Å²) in [5.74, 6) is 3.56. The molecule has 0 spiro atoms. The number of aryl methyl sites for hydroxylation is 1. The number of ether oxygens (including phenoxy) is 3. The summed E-state index contributed by atoms with van der Waals surface area (Å²) in [6.45, 7) is 4.03. The number of anilines is 1. The van der Waals surface area contributed by atoms with Crippen LogP contribution in [0.5, 0.6) is 23.1 Å². The van der Waals surface area contributed by atoms with Crippen molar-refractivity contribution in [1.82, 2.24) is 9.97 Å². The molecular formula is C14H15N3O3. The van der Waals surface area contributed by atoms with E-state index in [1.54, 1.807) is 18.2 Å². The van der Waals surface area contributed by atoms with Crippen LogP contribution in [0.4, 0.5) is 5.82 Å². The van der Waals surface area contributed by atoms with Crippen LogP contribution in [0.2, 0.25) is 0 Å². The normalized spacial score (nSPS) is 12.5. The van der Waals surface area contributed by atoms with Crippen LogP contribution >= 0.6 is 0 Å². The quantitative estimate of drug-likeness (QED) is 0.925. The van der Waals surface area contributed by atoms with Gasteiger partial charge < -0.3 is 19.9 Å². The van der Waals surface area contributed by atoms with Gasteiger partial charge in [-0.05, 0) is 19.1 Å². The lowest BCUT2D eigenvalue weighted by Gasteiger charge is -2.10. The van der Waals surface area contributed by atoms with Gasteiger partial charge in [0.2, 0.25) is 12.7 Å². The largest absolute Gasteiger partial charge is 0.454 e. The van der Waals surface area contributed by atoms with E-state index in [-0.39, 0.29) is 6.79 Å². The predicted molar refractivity (Wildman–Crippen MR) is 73.2 cm³/mol. The van der Waals surface area contributed by atoms with Crippen LogP contribution in [0.3, 0.4) is 0 Å². The van der Waals surface area contributed by atoms with Crippen molar-refractivity contribution in [1.29, 1.82) is 0 Å². The maximum atomic E-state index is 5.87. The van der Waals surface area contributed by atoms with E-state index in [9.17, 15) is 0 Å². The van der Waals surface area contributed by atoms with Crippen molar-refractivity contribution in [2.24, 2.45) is 0 Å². The van der Waals surface area contributed by atoms with Gasteiger partial charge in [0, 0.05) is 12.5 Å². The summed E-state index contributed by atoms with van der Waals surface area (Å²) in [6, 6.07) is 5.38. The van der Waals surface area contributed by atoms with E-state index in [0.29, 0.717) is 41.2 Å². The van der Waals surface area contributed by atoms with Crippen molar-refractivity contribution >= 4 is 5.82 Å². The van der Waals surface area contributed by atoms with Crippen LogP contribution in [0.15, 0.2) is 18.2 Å². The molecule has 0 bridgehead atoms. The summed E-state index contributed by atoms with van der Waals surface area (Å²) in [6.07, 6.45) is 0.696. The van der Waals surface area contributed by atoms with E-state index in [4.69, 9.17) is 19.9 Å². The first-order chi connectivity index (χ1) is 9.67. The van der Waals surface area contributed by atoms with Gasteiger partial charge in [-0.1, -0.05) is 6.92 Å². The van der Waals surface area contributed by atoms with Crippen molar-refractivity contribution < 1.29 is 14.2 Å². The van der Waals surface area contributed by atoms with E-state index in [1.165, 1.54) is 0 Å². The molecule has 20 heavy (non-hydrogen) atoms. The number of rotatable bonds is 3. The second kappa shape index (κ2) is 4.88. The molecule has 0 saturated carbocycles. The average molecular weight is 273 g/mol. The van der Waals surface area contributed by atoms with Crippen LogP contribution in [0.1, 0.15) is 18.3 Å². The molecule has 1 aromatic heterocycles. The first kappa shape index (κ1) is 12.5. The zero-order valence-corrected chi connectivity index (χ0v) is 11.3. The van der Waals surface area contributed by atoms with Crippen LogP contribution in [-0.2, 0) is 6.42 Å². The molecule has 0 fully saturated rings. The zero-order chi connectivity index (χ0) is 14.1. The average Bonchev–Trinajstić information content (AvgIpc) is 2.91. The molecule has 104 valence electrons. The Morgan fingerprint density at radius 1 is 1.25 bits per heavy atom. The highest BCUT2D eigenvalue weighted by Crippen LogP contribution is 2.37. The molecule has 3 rings (SSSR count). The molecule has 2 aromatic rings. The van der Waals surface area contributed by atoms with Crippen LogP contribution in [0, 0.1) is 6.92 Å². The maximum Gasteiger partial charge on any atom is 0.231 e. The van der Waals surface area contributed by atoms with Gasteiger partial charge in [-0.15, -0.1) is 0 Å². The van der Waals surface area contributed by atoms with Gasteiger partial charge in [0.25, 0.3) is 0 Å². The highest BCUT2D eigenvalue weighted by molar-refractivity contribution is 5.50. The number of nitrogen functional groups attached to an aromatic ring is 1. The Hall–Kier alpha value is -2.50. The smallest absolute Gasteiger partial charge is 0.231 e. The summed E-state index contributed by atoms with van der Waals surface area (Å²) in [7, 11) is 0. The van der Waals surface area contributed by atoms with E-state index in [1.807, 2.05) is 13.8 Å². The number of fused-ring (bicyclic) bond motifs is 1. The molecule has 1 aromatic carbocycles. The van der Waals surface area contributed by atoms with Gasteiger partial charge in [0.05, 0.1) is 5.56 Å². The monoisotopic (exact) mass is 273 g/mol. The molecule has 0 saturated heterocycles. The molecule has 6 nitrogen and oxygen atoms in total. The SMILES string of the molecule is CCc1nc(N)c(C)c(Oc2ccc3c(c2)OCO3)n1. The molecule has 0 amide bonds. The van der Waals surface area contributed by atoms with Gasteiger partial charge in [0.15, 0.2) is 11.5 Å². The molecule has 0 radical (unpaired) electrons. The second-order valence-electron chi connectivity index (χ2n) is 4.43. The summed E-state index contributed by atoms with van der Waals surface area (Å²) in [5, 5.41) is 0. The summed E-state index contributed by atoms with van der Waals surface area (Å²) in [5.41, 5.74) is 6.59. The van der Waals surface area contributed by atoms with Crippen LogP contribution in [-0.4, -0.2) is 16.8 Å². The number of nitrogens with zero attached hydrogens (tertiary/aromatic N) is 2. The Bertz CT molecular complexity index is 658. The summed E-state index contributed by atoms with van der Waals surface area (Å²) >= 11 is 0. The topological polar surface area (TPSA) is 79.5 Å². The van der Waals surface area contributed by atoms with Gasteiger partial charge in [-0.25, -0.2) is 4.98 Å². The van der Waals surface area contributed by atoms with E-state index < -0.39 is 0 Å². The first-order valence-corrected chi connectivity index (χ1v) is 6.38. The number of aromatic nitrogens is 2. The van der Waals surface area contributed by atoms with E-state index in [0.717, 1.165) is 5.56 Å². The van der Waals surface area contributed by atoms with Gasteiger partial charge >= 0.3 is 0 Å². The molecule has 0 aliphatic carbocycles. The highest BCUT2D eigenvalue weighted by Gasteiger charge is 2.15. The van der Waals surface area contributed by atoms with E-state index >= 15 is 0 Å². The molecule has 2 N–H and O–H groups in total. The minimum Gasteiger partial charge on any atom is -0.454 e. The Morgan fingerprint density at radius 2 is 2.05 bits per heavy atom. The van der Waals surface area contributed by atoms with Crippen LogP contribution < -0.4 is 19.9 Å². The lowest BCUT2D eigenvalue weighted by Crippen LogP contribution is -2.04.